The topological polar surface area (TPSA) is 86.8 Å². The van der Waals surface area contributed by atoms with Crippen LogP contribution >= 0.6 is 0 Å². The number of likely N-dealkylation sites (N-methyl/N-ethyl adjacent to an activating group) is 1. The Kier molecular flexibility index (Phi) is 8.65. The van der Waals surface area contributed by atoms with Crippen LogP contribution < -0.4 is 9.62 Å². The summed E-state index contributed by atoms with van der Waals surface area (Å²) in [6, 6.07) is 23.9. The Hall–Kier alpha value is -3.65. The summed E-state index contributed by atoms with van der Waals surface area (Å²) < 4.78 is 28.3. The molecule has 0 aliphatic carbocycles. The maximum absolute atomic E-state index is 13.6. The lowest BCUT2D eigenvalue weighted by Crippen LogP contribution is -2.51. The van der Waals surface area contributed by atoms with E-state index >= 15 is 0 Å². The normalized spacial score (nSPS) is 12.0. The Morgan fingerprint density at radius 1 is 0.914 bits per heavy atom. The minimum atomic E-state index is -4.03. The van der Waals surface area contributed by atoms with Crippen molar-refractivity contribution in [3.8, 4) is 0 Å². The highest BCUT2D eigenvalue weighted by Gasteiger charge is 2.32. The lowest BCUT2D eigenvalue weighted by Gasteiger charge is -2.31. The third-order valence-electron chi connectivity index (χ3n) is 5.80. The van der Waals surface area contributed by atoms with Gasteiger partial charge in [-0.05, 0) is 55.7 Å². The number of aryl methyl sites for hydroxylation is 1. The molecule has 3 aromatic carbocycles. The summed E-state index contributed by atoms with van der Waals surface area (Å²) in [6.45, 7) is 3.34. The zero-order chi connectivity index (χ0) is 25.4. The van der Waals surface area contributed by atoms with Crippen LogP contribution in [0.1, 0.15) is 18.1 Å². The van der Waals surface area contributed by atoms with Crippen LogP contribution in [-0.2, 0) is 26.0 Å². The van der Waals surface area contributed by atoms with Gasteiger partial charge in [0.15, 0.2) is 0 Å². The summed E-state index contributed by atoms with van der Waals surface area (Å²) in [6.07, 6.45) is 0.532. The van der Waals surface area contributed by atoms with Gasteiger partial charge in [0.2, 0.25) is 11.8 Å². The fourth-order valence-corrected chi connectivity index (χ4v) is 5.24. The molecule has 184 valence electrons. The fraction of sp³-hybridized carbons (Fsp3) is 0.259. The highest BCUT2D eigenvalue weighted by Crippen LogP contribution is 2.25. The number of amides is 2. The van der Waals surface area contributed by atoms with E-state index in [1.54, 1.807) is 43.3 Å². The standard InChI is InChI=1S/C27H31N3O4S/c1-21-11-10-14-24(19-21)30(35(33,34)25-15-8-5-9-16-25)20-26(31)29(22(2)27(32)28-3)18-17-23-12-6-4-7-13-23/h4-16,19,22H,17-18,20H2,1-3H3,(H,28,32)/t22-/m1/s1. The van der Waals surface area contributed by atoms with Gasteiger partial charge in [0, 0.05) is 13.6 Å². The lowest BCUT2D eigenvalue weighted by atomic mass is 10.1. The van der Waals surface area contributed by atoms with Crippen LogP contribution in [0.4, 0.5) is 5.69 Å². The summed E-state index contributed by atoms with van der Waals surface area (Å²) >= 11 is 0. The van der Waals surface area contributed by atoms with Gasteiger partial charge < -0.3 is 10.2 Å². The minimum absolute atomic E-state index is 0.0875. The third-order valence-corrected chi connectivity index (χ3v) is 7.59. The molecule has 2 amide bonds. The first-order valence-corrected chi connectivity index (χ1v) is 12.9. The molecule has 0 aromatic heterocycles. The van der Waals surface area contributed by atoms with Crippen LogP contribution in [-0.4, -0.2) is 51.3 Å². The molecule has 0 radical (unpaired) electrons. The van der Waals surface area contributed by atoms with E-state index in [1.807, 2.05) is 43.3 Å². The molecule has 35 heavy (non-hydrogen) atoms. The van der Waals surface area contributed by atoms with Crippen LogP contribution in [0.3, 0.4) is 0 Å². The first-order chi connectivity index (χ1) is 16.7. The lowest BCUT2D eigenvalue weighted by molar-refractivity contribution is -0.138. The van der Waals surface area contributed by atoms with Crippen molar-refractivity contribution in [1.29, 1.82) is 0 Å². The molecule has 1 atom stereocenters. The van der Waals surface area contributed by atoms with E-state index in [4.69, 9.17) is 0 Å². The third kappa shape index (κ3) is 6.48. The van der Waals surface area contributed by atoms with Gasteiger partial charge in [-0.1, -0.05) is 60.7 Å². The second-order valence-electron chi connectivity index (χ2n) is 8.28. The first-order valence-electron chi connectivity index (χ1n) is 11.4. The van der Waals surface area contributed by atoms with Gasteiger partial charge in [0.05, 0.1) is 10.6 Å². The quantitative estimate of drug-likeness (QED) is 0.469. The molecule has 0 saturated carbocycles. The van der Waals surface area contributed by atoms with Crippen LogP contribution in [0, 0.1) is 6.92 Å². The highest BCUT2D eigenvalue weighted by molar-refractivity contribution is 7.92. The second-order valence-corrected chi connectivity index (χ2v) is 10.1. The average Bonchev–Trinajstić information content (AvgIpc) is 2.87. The molecule has 0 aliphatic rings. The molecule has 3 aromatic rings. The summed E-state index contributed by atoms with van der Waals surface area (Å²) in [5.41, 5.74) is 2.27. The van der Waals surface area contributed by atoms with E-state index in [0.29, 0.717) is 12.1 Å². The molecular formula is C27H31N3O4S. The van der Waals surface area contributed by atoms with Crippen molar-refractivity contribution in [2.24, 2.45) is 0 Å². The van der Waals surface area contributed by atoms with Crippen molar-refractivity contribution in [3.05, 3.63) is 96.1 Å². The van der Waals surface area contributed by atoms with E-state index < -0.39 is 28.5 Å². The van der Waals surface area contributed by atoms with Gasteiger partial charge in [0.25, 0.3) is 10.0 Å². The molecule has 3 rings (SSSR count). The number of benzene rings is 3. The molecule has 0 saturated heterocycles. The largest absolute Gasteiger partial charge is 0.357 e. The van der Waals surface area contributed by atoms with Gasteiger partial charge in [-0.2, -0.15) is 0 Å². The Bertz CT molecular complexity index is 1250. The van der Waals surface area contributed by atoms with Crippen LogP contribution in [0.2, 0.25) is 0 Å². The van der Waals surface area contributed by atoms with E-state index in [1.165, 1.54) is 24.1 Å². The van der Waals surface area contributed by atoms with Gasteiger partial charge in [0.1, 0.15) is 12.6 Å². The number of hydrogen-bond acceptors (Lipinski definition) is 4. The zero-order valence-corrected chi connectivity index (χ0v) is 21.0. The molecule has 0 spiro atoms. The van der Waals surface area contributed by atoms with Gasteiger partial charge in [-0.15, -0.1) is 0 Å². The van der Waals surface area contributed by atoms with Crippen molar-refractivity contribution >= 4 is 27.5 Å². The number of nitrogens with zero attached hydrogens (tertiary/aromatic N) is 2. The molecular weight excluding hydrogens is 462 g/mol. The molecule has 8 heteroatoms. The summed E-state index contributed by atoms with van der Waals surface area (Å²) in [4.78, 5) is 27.6. The number of anilines is 1. The van der Waals surface area contributed by atoms with Crippen LogP contribution in [0.15, 0.2) is 89.8 Å². The summed E-state index contributed by atoms with van der Waals surface area (Å²) in [5, 5.41) is 2.58. The molecule has 1 N–H and O–H groups in total. The van der Waals surface area contributed by atoms with Crippen molar-refractivity contribution in [1.82, 2.24) is 10.2 Å². The van der Waals surface area contributed by atoms with Crippen molar-refractivity contribution in [2.75, 3.05) is 24.4 Å². The monoisotopic (exact) mass is 493 g/mol. The zero-order valence-electron chi connectivity index (χ0n) is 20.2. The first kappa shape index (κ1) is 26.0. The molecule has 0 bridgehead atoms. The fourth-order valence-electron chi connectivity index (χ4n) is 3.81. The Balaban J connectivity index is 1.96. The Morgan fingerprint density at radius 2 is 1.54 bits per heavy atom. The van der Waals surface area contributed by atoms with Crippen molar-refractivity contribution in [2.45, 2.75) is 31.2 Å². The van der Waals surface area contributed by atoms with Gasteiger partial charge in [-0.25, -0.2) is 8.42 Å². The SMILES string of the molecule is CNC(=O)[C@@H](C)N(CCc1ccccc1)C(=O)CN(c1cccc(C)c1)S(=O)(=O)c1ccccc1. The average molecular weight is 494 g/mol. The van der Waals surface area contributed by atoms with E-state index in [0.717, 1.165) is 15.4 Å². The smallest absolute Gasteiger partial charge is 0.264 e. The maximum Gasteiger partial charge on any atom is 0.264 e. The van der Waals surface area contributed by atoms with Crippen LogP contribution in [0.25, 0.3) is 0 Å². The summed E-state index contributed by atoms with van der Waals surface area (Å²) in [7, 11) is -2.52. The maximum atomic E-state index is 13.6. The predicted molar refractivity (Wildman–Crippen MR) is 138 cm³/mol. The number of rotatable bonds is 10. The van der Waals surface area contributed by atoms with Gasteiger partial charge >= 0.3 is 0 Å². The van der Waals surface area contributed by atoms with E-state index in [2.05, 4.69) is 5.32 Å². The number of carbonyl (C=O) groups excluding carboxylic acids is 2. The number of nitrogens with one attached hydrogen (secondary N) is 1. The van der Waals surface area contributed by atoms with Crippen molar-refractivity contribution < 1.29 is 18.0 Å². The van der Waals surface area contributed by atoms with E-state index in [9.17, 15) is 18.0 Å². The number of hydrogen-bond donors (Lipinski definition) is 1. The minimum Gasteiger partial charge on any atom is -0.357 e. The van der Waals surface area contributed by atoms with E-state index in [-0.39, 0.29) is 17.3 Å². The molecule has 0 heterocycles. The molecule has 0 aliphatic heterocycles. The highest BCUT2D eigenvalue weighted by atomic mass is 32.2. The molecule has 0 unspecified atom stereocenters. The van der Waals surface area contributed by atoms with Crippen LogP contribution in [0.5, 0.6) is 0 Å². The number of sulfonamides is 1. The second kappa shape index (κ2) is 11.7. The van der Waals surface area contributed by atoms with Crippen molar-refractivity contribution in [3.63, 3.8) is 0 Å². The Labute approximate surface area is 207 Å². The summed E-state index contributed by atoms with van der Waals surface area (Å²) in [5.74, 6) is -0.780. The molecule has 7 nitrogen and oxygen atoms in total. The number of carbonyl (C=O) groups is 2. The molecule has 0 fully saturated rings. The predicted octanol–water partition coefficient (Wildman–Crippen LogP) is 3.40. The van der Waals surface area contributed by atoms with Gasteiger partial charge in [-0.3, -0.25) is 13.9 Å². The Morgan fingerprint density at radius 3 is 2.14 bits per heavy atom.